The van der Waals surface area contributed by atoms with Crippen LogP contribution in [0.4, 0.5) is 5.82 Å². The first kappa shape index (κ1) is 14.8. The molecule has 0 saturated heterocycles. The molecule has 0 bridgehead atoms. The van der Waals surface area contributed by atoms with Crippen molar-refractivity contribution >= 4 is 22.7 Å². The van der Waals surface area contributed by atoms with Crippen LogP contribution in [-0.4, -0.2) is 22.6 Å². The van der Waals surface area contributed by atoms with Gasteiger partial charge < -0.3 is 10.4 Å². The van der Waals surface area contributed by atoms with Gasteiger partial charge in [-0.1, -0.05) is 24.6 Å². The molecule has 0 fully saturated rings. The summed E-state index contributed by atoms with van der Waals surface area (Å²) >= 11 is 0. The number of unbranched alkanes of at least 4 members (excludes halogenated alkanes) is 2. The molecule has 0 unspecified atom stereocenters. The molecule has 5 heteroatoms. The minimum atomic E-state index is -0.758. The lowest BCUT2D eigenvalue weighted by Crippen LogP contribution is -2.06. The number of carboxylic acids is 1. The smallest absolute Gasteiger partial charge is 0.303 e. The first-order valence-electron chi connectivity index (χ1n) is 6.96. The lowest BCUT2D eigenvalue weighted by molar-refractivity contribution is -0.137. The lowest BCUT2D eigenvalue weighted by Gasteiger charge is -2.08. The van der Waals surface area contributed by atoms with E-state index in [2.05, 4.69) is 16.4 Å². The van der Waals surface area contributed by atoms with E-state index in [1.165, 1.54) is 0 Å². The highest BCUT2D eigenvalue weighted by molar-refractivity contribution is 5.82. The monoisotopic (exact) mass is 283 g/mol. The highest BCUT2D eigenvalue weighted by Crippen LogP contribution is 2.19. The molecule has 0 spiro atoms. The van der Waals surface area contributed by atoms with Crippen LogP contribution in [0.2, 0.25) is 0 Å². The third kappa shape index (κ3) is 4.18. The number of fused-ring (bicyclic) bond motifs is 1. The van der Waals surface area contributed by atoms with Gasteiger partial charge in [0.2, 0.25) is 0 Å². The molecule has 2 aromatic rings. The molecular weight excluding hydrogens is 266 g/mol. The topological polar surface area (TPSA) is 86.0 Å². The predicted molar refractivity (Wildman–Crippen MR) is 81.1 cm³/mol. The molecule has 0 amide bonds. The van der Waals surface area contributed by atoms with Crippen molar-refractivity contribution in [3.8, 4) is 6.07 Å². The summed E-state index contributed by atoms with van der Waals surface area (Å²) in [7, 11) is 0. The van der Waals surface area contributed by atoms with Gasteiger partial charge in [-0.15, -0.1) is 0 Å². The summed E-state index contributed by atoms with van der Waals surface area (Å²) in [6.07, 6.45) is 2.58. The van der Waals surface area contributed by atoms with Crippen LogP contribution in [-0.2, 0) is 4.79 Å². The number of nitrogens with one attached hydrogen (secondary N) is 1. The quantitative estimate of drug-likeness (QED) is 0.762. The molecule has 108 valence electrons. The Morgan fingerprint density at radius 3 is 2.86 bits per heavy atom. The summed E-state index contributed by atoms with van der Waals surface area (Å²) in [6.45, 7) is 0.680. The molecule has 0 aliphatic heterocycles. The van der Waals surface area contributed by atoms with Crippen LogP contribution in [0, 0.1) is 11.3 Å². The van der Waals surface area contributed by atoms with Gasteiger partial charge in [0.25, 0.3) is 0 Å². The highest BCUT2D eigenvalue weighted by atomic mass is 16.4. The van der Waals surface area contributed by atoms with E-state index in [0.717, 1.165) is 23.7 Å². The van der Waals surface area contributed by atoms with E-state index in [4.69, 9.17) is 5.11 Å². The zero-order chi connectivity index (χ0) is 15.1. The van der Waals surface area contributed by atoms with E-state index in [1.54, 1.807) is 0 Å². The van der Waals surface area contributed by atoms with Gasteiger partial charge in [0.15, 0.2) is 0 Å². The second kappa shape index (κ2) is 7.25. The van der Waals surface area contributed by atoms with Gasteiger partial charge in [-0.25, -0.2) is 4.98 Å². The molecular formula is C16H17N3O2. The van der Waals surface area contributed by atoms with Crippen molar-refractivity contribution < 1.29 is 9.90 Å². The summed E-state index contributed by atoms with van der Waals surface area (Å²) in [4.78, 5) is 14.9. The Morgan fingerprint density at radius 1 is 1.29 bits per heavy atom. The molecule has 2 N–H and O–H groups in total. The zero-order valence-corrected chi connectivity index (χ0v) is 11.7. The van der Waals surface area contributed by atoms with E-state index in [-0.39, 0.29) is 6.42 Å². The molecule has 0 saturated carbocycles. The number of anilines is 1. The zero-order valence-electron chi connectivity index (χ0n) is 11.7. The van der Waals surface area contributed by atoms with Crippen LogP contribution < -0.4 is 5.32 Å². The maximum Gasteiger partial charge on any atom is 0.303 e. The van der Waals surface area contributed by atoms with Crippen LogP contribution in [0.3, 0.4) is 0 Å². The summed E-state index contributed by atoms with van der Waals surface area (Å²) in [5, 5.41) is 21.8. The number of nitriles is 1. The molecule has 0 radical (unpaired) electrons. The molecule has 5 nitrogen and oxygen atoms in total. The number of carboxylic acid groups (broad SMARTS) is 1. The number of nitrogens with zero attached hydrogens (tertiary/aromatic N) is 2. The number of hydrogen-bond acceptors (Lipinski definition) is 4. The summed E-state index contributed by atoms with van der Waals surface area (Å²) < 4.78 is 0. The molecule has 1 aromatic heterocycles. The average molecular weight is 283 g/mol. The van der Waals surface area contributed by atoms with E-state index in [9.17, 15) is 10.1 Å². The third-order valence-electron chi connectivity index (χ3n) is 3.20. The average Bonchev–Trinajstić information content (AvgIpc) is 2.49. The van der Waals surface area contributed by atoms with Crippen molar-refractivity contribution in [3.05, 3.63) is 35.9 Å². The van der Waals surface area contributed by atoms with Crippen LogP contribution in [0.25, 0.3) is 10.9 Å². The van der Waals surface area contributed by atoms with Gasteiger partial charge in [0, 0.05) is 18.4 Å². The van der Waals surface area contributed by atoms with Gasteiger partial charge >= 0.3 is 5.97 Å². The molecule has 21 heavy (non-hydrogen) atoms. The molecule has 2 rings (SSSR count). The number of rotatable bonds is 7. The van der Waals surface area contributed by atoms with Crippen molar-refractivity contribution in [2.45, 2.75) is 25.7 Å². The number of benzene rings is 1. The molecule has 0 aliphatic rings. The van der Waals surface area contributed by atoms with Gasteiger partial charge in [0.1, 0.15) is 11.9 Å². The largest absolute Gasteiger partial charge is 0.481 e. The molecule has 0 aliphatic carbocycles. The SMILES string of the molecule is N#Cc1cc2ccccc2nc1NCCCCCC(=O)O. The first-order valence-corrected chi connectivity index (χ1v) is 6.96. The van der Waals surface area contributed by atoms with Crippen LogP contribution in [0.1, 0.15) is 31.2 Å². The van der Waals surface area contributed by atoms with Gasteiger partial charge in [-0.05, 0) is 25.0 Å². The Balaban J connectivity index is 1.95. The van der Waals surface area contributed by atoms with Crippen LogP contribution >= 0.6 is 0 Å². The number of aliphatic carboxylic acids is 1. The second-order valence-electron chi connectivity index (χ2n) is 4.82. The fourth-order valence-electron chi connectivity index (χ4n) is 2.12. The van der Waals surface area contributed by atoms with Crippen LogP contribution in [0.15, 0.2) is 30.3 Å². The number of carbonyl (C=O) groups is 1. The van der Waals surface area contributed by atoms with Gasteiger partial charge in [-0.3, -0.25) is 4.79 Å². The Bertz CT molecular complexity index is 677. The second-order valence-corrected chi connectivity index (χ2v) is 4.82. The maximum absolute atomic E-state index is 10.4. The Labute approximate surface area is 123 Å². The van der Waals surface area contributed by atoms with Crippen molar-refractivity contribution in [1.82, 2.24) is 4.98 Å². The van der Waals surface area contributed by atoms with E-state index in [0.29, 0.717) is 24.3 Å². The van der Waals surface area contributed by atoms with E-state index in [1.807, 2.05) is 30.3 Å². The van der Waals surface area contributed by atoms with Crippen molar-refractivity contribution in [2.75, 3.05) is 11.9 Å². The molecule has 1 heterocycles. The van der Waals surface area contributed by atoms with Gasteiger partial charge in [-0.2, -0.15) is 5.26 Å². The van der Waals surface area contributed by atoms with Crippen molar-refractivity contribution in [2.24, 2.45) is 0 Å². The number of hydrogen-bond donors (Lipinski definition) is 2. The Hall–Kier alpha value is -2.61. The summed E-state index contributed by atoms with van der Waals surface area (Å²) in [5.41, 5.74) is 1.38. The lowest BCUT2D eigenvalue weighted by atomic mass is 10.1. The predicted octanol–water partition coefficient (Wildman–Crippen LogP) is 3.16. The summed E-state index contributed by atoms with van der Waals surface area (Å²) in [5.74, 6) is -0.166. The number of para-hydroxylation sites is 1. The van der Waals surface area contributed by atoms with E-state index >= 15 is 0 Å². The van der Waals surface area contributed by atoms with E-state index < -0.39 is 5.97 Å². The van der Waals surface area contributed by atoms with Crippen LogP contribution in [0.5, 0.6) is 0 Å². The number of aromatic nitrogens is 1. The first-order chi connectivity index (χ1) is 10.2. The highest BCUT2D eigenvalue weighted by Gasteiger charge is 2.05. The maximum atomic E-state index is 10.4. The Morgan fingerprint density at radius 2 is 2.10 bits per heavy atom. The standard InChI is InChI=1S/C16H17N3O2/c17-11-13-10-12-6-3-4-7-14(12)19-16(13)18-9-5-1-2-8-15(20)21/h3-4,6-7,10H,1-2,5,8-9H2,(H,18,19)(H,20,21). The third-order valence-corrected chi connectivity index (χ3v) is 3.20. The normalized spacial score (nSPS) is 10.2. The Kier molecular flexibility index (Phi) is 5.10. The molecule has 1 aromatic carbocycles. The van der Waals surface area contributed by atoms with Crippen molar-refractivity contribution in [3.63, 3.8) is 0 Å². The fourth-order valence-corrected chi connectivity index (χ4v) is 2.12. The number of pyridine rings is 1. The van der Waals surface area contributed by atoms with Crippen molar-refractivity contribution in [1.29, 1.82) is 5.26 Å². The minimum absolute atomic E-state index is 0.206. The minimum Gasteiger partial charge on any atom is -0.481 e. The summed E-state index contributed by atoms with van der Waals surface area (Å²) in [6, 6.07) is 11.7. The fraction of sp³-hybridized carbons (Fsp3) is 0.312. The van der Waals surface area contributed by atoms with Gasteiger partial charge in [0.05, 0.1) is 11.1 Å². The molecule has 0 atom stereocenters.